The van der Waals surface area contributed by atoms with Gasteiger partial charge in [0.2, 0.25) is 0 Å². The smallest absolute Gasteiger partial charge is 0.466 e. The maximum Gasteiger partial charge on any atom is 0.466 e. The van der Waals surface area contributed by atoms with Gasteiger partial charge in [0.1, 0.15) is 0 Å². The minimum atomic E-state index is -4.64. The molecule has 10 nitrogen and oxygen atoms in total. The Morgan fingerprint density at radius 2 is 0.722 bits per heavy atom. The summed E-state index contributed by atoms with van der Waals surface area (Å²) < 4.78 is 8.88. The highest BCUT2D eigenvalue weighted by Crippen LogP contribution is 2.25. The average molecular weight is 308 g/mol. The summed E-state index contributed by atoms with van der Waals surface area (Å²) in [5.41, 5.74) is 0. The Morgan fingerprint density at radius 3 is 0.722 bits per heavy atom. The Labute approximate surface area is 113 Å². The Kier molecular flexibility index (Phi) is 31.0. The van der Waals surface area contributed by atoms with Crippen molar-refractivity contribution in [3.63, 3.8) is 0 Å². The zero-order valence-corrected chi connectivity index (χ0v) is 10.2. The van der Waals surface area contributed by atoms with Gasteiger partial charge in [0, 0.05) is 20.8 Å². The van der Waals surface area contributed by atoms with Crippen molar-refractivity contribution in [3.05, 3.63) is 0 Å². The van der Waals surface area contributed by atoms with Gasteiger partial charge in [-0.15, -0.1) is 0 Å². The van der Waals surface area contributed by atoms with Gasteiger partial charge in [0.25, 0.3) is 17.9 Å². The standard InChI is InChI=1S/3C2H4O2.Al.H3O4P.3H/c3*1-2(3)4;;1-5(2,3)4;;;/h3*1H3,(H,3,4);;(H3,1,2,3,4);;;. The van der Waals surface area contributed by atoms with Gasteiger partial charge in [-0.1, -0.05) is 0 Å². The van der Waals surface area contributed by atoms with Crippen molar-refractivity contribution in [2.24, 2.45) is 0 Å². The van der Waals surface area contributed by atoms with Gasteiger partial charge < -0.3 is 30.0 Å². The van der Waals surface area contributed by atoms with E-state index < -0.39 is 25.7 Å². The molecule has 0 saturated heterocycles. The molecule has 0 amide bonds. The number of carboxylic acids is 3. The summed E-state index contributed by atoms with van der Waals surface area (Å²) in [5.74, 6) is -2.50. The van der Waals surface area contributed by atoms with Crippen LogP contribution in [0.25, 0.3) is 0 Å². The highest BCUT2D eigenvalue weighted by atomic mass is 31.2. The first-order chi connectivity index (χ1) is 7.20. The minimum Gasteiger partial charge on any atom is -0.481 e. The molecule has 18 heavy (non-hydrogen) atoms. The van der Waals surface area contributed by atoms with E-state index in [2.05, 4.69) is 0 Å². The van der Waals surface area contributed by atoms with Crippen LogP contribution in [0.3, 0.4) is 0 Å². The largest absolute Gasteiger partial charge is 0.481 e. The van der Waals surface area contributed by atoms with Crippen LogP contribution < -0.4 is 0 Å². The molecule has 0 aliphatic rings. The maximum atomic E-state index is 9.00. The van der Waals surface area contributed by atoms with E-state index >= 15 is 0 Å². The lowest BCUT2D eigenvalue weighted by atomic mass is 10.9. The summed E-state index contributed by atoms with van der Waals surface area (Å²) in [5, 5.41) is 22.2. The summed E-state index contributed by atoms with van der Waals surface area (Å²) in [6.07, 6.45) is 0. The number of hydrogen-bond donors (Lipinski definition) is 6. The molecule has 0 saturated carbocycles. The van der Waals surface area contributed by atoms with Gasteiger partial charge in [-0.3, -0.25) is 14.4 Å². The van der Waals surface area contributed by atoms with E-state index in [1.165, 1.54) is 0 Å². The Balaban J connectivity index is -0.0000000412. The average Bonchev–Trinajstić information content (AvgIpc) is 1.73. The predicted molar refractivity (Wildman–Crippen MR) is 64.1 cm³/mol. The van der Waals surface area contributed by atoms with E-state index in [4.69, 9.17) is 48.9 Å². The van der Waals surface area contributed by atoms with Crippen LogP contribution in [0.1, 0.15) is 20.8 Å². The number of rotatable bonds is 0. The van der Waals surface area contributed by atoms with Crippen LogP contribution in [0.2, 0.25) is 0 Å². The SMILES string of the molecule is CC(=O)O.CC(=O)O.CC(=O)O.O=P(O)(O)O.[AlH3]. The first kappa shape index (κ1) is 30.2. The Hall–Kier alpha value is -0.948. The molecule has 0 rings (SSSR count). The molecule has 0 aliphatic heterocycles. The molecule has 0 radical (unpaired) electrons. The third-order valence-corrected chi connectivity index (χ3v) is 0. The van der Waals surface area contributed by atoms with E-state index in [0.29, 0.717) is 0 Å². The van der Waals surface area contributed by atoms with Crippen molar-refractivity contribution in [2.45, 2.75) is 20.8 Å². The first-order valence-electron chi connectivity index (χ1n) is 3.57. The molecule has 110 valence electrons. The zero-order valence-electron chi connectivity index (χ0n) is 9.26. The van der Waals surface area contributed by atoms with E-state index in [9.17, 15) is 0 Å². The molecule has 6 N–H and O–H groups in total. The zero-order chi connectivity index (χ0) is 15.2. The van der Waals surface area contributed by atoms with Gasteiger partial charge >= 0.3 is 7.82 Å². The van der Waals surface area contributed by atoms with Gasteiger partial charge in [-0.2, -0.15) is 0 Å². The normalized spacial score (nSPS) is 7.44. The Bertz CT molecular complexity index is 223. The molecule has 0 heterocycles. The molecule has 0 fully saturated rings. The van der Waals surface area contributed by atoms with E-state index in [0.717, 1.165) is 20.8 Å². The molecule has 0 bridgehead atoms. The summed E-state index contributed by atoms with van der Waals surface area (Å²) in [6, 6.07) is 0. The van der Waals surface area contributed by atoms with Gasteiger partial charge in [-0.05, 0) is 0 Å². The van der Waals surface area contributed by atoms with Crippen molar-refractivity contribution < 1.29 is 48.9 Å². The maximum absolute atomic E-state index is 9.00. The second kappa shape index (κ2) is 18.4. The van der Waals surface area contributed by atoms with Gasteiger partial charge in [0.15, 0.2) is 17.4 Å². The summed E-state index contributed by atoms with van der Waals surface area (Å²) >= 11 is 0. The predicted octanol–water partition coefficient (Wildman–Crippen LogP) is -1.84. The highest BCUT2D eigenvalue weighted by molar-refractivity contribution is 7.45. The number of carbonyl (C=O) groups is 3. The lowest BCUT2D eigenvalue weighted by Gasteiger charge is -1.82. The van der Waals surface area contributed by atoms with Crippen LogP contribution in [-0.4, -0.2) is 65.3 Å². The molecule has 0 spiro atoms. The van der Waals surface area contributed by atoms with Crippen LogP contribution in [0.4, 0.5) is 0 Å². The minimum absolute atomic E-state index is 0. The van der Waals surface area contributed by atoms with Crippen molar-refractivity contribution >= 4 is 43.1 Å². The van der Waals surface area contributed by atoms with Crippen LogP contribution in [-0.2, 0) is 18.9 Å². The number of carboxylic acid groups (broad SMARTS) is 3. The molecule has 0 aromatic heterocycles. The summed E-state index contributed by atoms with van der Waals surface area (Å²) in [4.78, 5) is 48.6. The monoisotopic (exact) mass is 308 g/mol. The van der Waals surface area contributed by atoms with Crippen molar-refractivity contribution in [1.29, 1.82) is 0 Å². The second-order valence-electron chi connectivity index (χ2n) is 2.07. The van der Waals surface area contributed by atoms with Crippen LogP contribution in [0, 0.1) is 0 Å². The molecule has 0 atom stereocenters. The molecule has 0 aromatic carbocycles. The number of aliphatic carboxylic acids is 3. The van der Waals surface area contributed by atoms with E-state index in [1.54, 1.807) is 0 Å². The van der Waals surface area contributed by atoms with E-state index in [1.807, 2.05) is 0 Å². The first-order valence-corrected chi connectivity index (χ1v) is 5.13. The molecule has 0 unspecified atom stereocenters. The fourth-order valence-corrected chi connectivity index (χ4v) is 0. The lowest BCUT2D eigenvalue weighted by molar-refractivity contribution is -0.135. The molecular formula is C6H18AlO10P. The van der Waals surface area contributed by atoms with Gasteiger partial charge in [-0.25, -0.2) is 4.57 Å². The van der Waals surface area contributed by atoms with Crippen LogP contribution in [0.15, 0.2) is 0 Å². The fraction of sp³-hybridized carbons (Fsp3) is 0.500. The fourth-order valence-electron chi connectivity index (χ4n) is 0. The number of hydrogen-bond acceptors (Lipinski definition) is 4. The number of phosphoric acid groups is 1. The van der Waals surface area contributed by atoms with Crippen molar-refractivity contribution in [2.75, 3.05) is 0 Å². The quantitative estimate of drug-likeness (QED) is 0.219. The van der Waals surface area contributed by atoms with Gasteiger partial charge in [0.05, 0.1) is 0 Å². The third-order valence-electron chi connectivity index (χ3n) is 0. The van der Waals surface area contributed by atoms with Crippen LogP contribution in [0.5, 0.6) is 0 Å². The summed E-state index contributed by atoms with van der Waals surface area (Å²) in [6.45, 7) is 3.25. The van der Waals surface area contributed by atoms with Crippen molar-refractivity contribution in [1.82, 2.24) is 0 Å². The topological polar surface area (TPSA) is 190 Å². The van der Waals surface area contributed by atoms with E-state index in [-0.39, 0.29) is 17.4 Å². The molecule has 0 aromatic rings. The van der Waals surface area contributed by atoms with Crippen molar-refractivity contribution in [3.8, 4) is 0 Å². The second-order valence-corrected chi connectivity index (χ2v) is 3.10. The molecule has 0 aliphatic carbocycles. The molecule has 12 heteroatoms. The Morgan fingerprint density at radius 1 is 0.722 bits per heavy atom. The summed E-state index contributed by atoms with van der Waals surface area (Å²) in [7, 11) is -4.64. The highest BCUT2D eigenvalue weighted by Gasteiger charge is 2.00. The van der Waals surface area contributed by atoms with Crippen LogP contribution >= 0.6 is 7.82 Å². The molecular weight excluding hydrogens is 290 g/mol. The third kappa shape index (κ3) is 3310. The lowest BCUT2D eigenvalue weighted by Crippen LogP contribution is -1.78.